The molecular weight excluding hydrogens is 210 g/mol. The summed E-state index contributed by atoms with van der Waals surface area (Å²) in [7, 11) is 0. The fraction of sp³-hybridized carbons (Fsp3) is 0.600. The van der Waals surface area contributed by atoms with E-state index in [1.165, 1.54) is 18.5 Å². The van der Waals surface area contributed by atoms with Crippen LogP contribution in [0.1, 0.15) is 45.6 Å². The molecule has 96 valence electrons. The number of benzene rings is 1. The number of nitrogens with zero attached hydrogens (tertiary/aromatic N) is 1. The van der Waals surface area contributed by atoms with Gasteiger partial charge in [-0.2, -0.15) is 0 Å². The lowest BCUT2D eigenvalue weighted by molar-refractivity contribution is 0.282. The second kappa shape index (κ2) is 7.33. The number of anilines is 1. The van der Waals surface area contributed by atoms with E-state index in [1.54, 1.807) is 0 Å². The van der Waals surface area contributed by atoms with Gasteiger partial charge in [0.2, 0.25) is 0 Å². The number of aliphatic hydroxyl groups is 1. The van der Waals surface area contributed by atoms with Crippen LogP contribution < -0.4 is 4.90 Å². The monoisotopic (exact) mass is 235 g/mol. The molecule has 0 aromatic heterocycles. The first-order chi connectivity index (χ1) is 8.24. The quantitative estimate of drug-likeness (QED) is 0.780. The number of aliphatic hydroxyl groups excluding tert-OH is 1. The molecule has 0 amide bonds. The van der Waals surface area contributed by atoms with Crippen LogP contribution in [-0.4, -0.2) is 17.7 Å². The Kier molecular flexibility index (Phi) is 6.06. The summed E-state index contributed by atoms with van der Waals surface area (Å²) in [6, 6.07) is 8.69. The normalized spacial score (nSPS) is 12.5. The molecule has 0 saturated carbocycles. The zero-order chi connectivity index (χ0) is 12.7. The van der Waals surface area contributed by atoms with Crippen LogP contribution in [0.5, 0.6) is 0 Å². The molecule has 0 fully saturated rings. The van der Waals surface area contributed by atoms with E-state index in [0.29, 0.717) is 6.04 Å². The number of para-hydroxylation sites is 1. The Bertz CT molecular complexity index is 324. The minimum absolute atomic E-state index is 0.120. The highest BCUT2D eigenvalue weighted by Gasteiger charge is 2.14. The zero-order valence-corrected chi connectivity index (χ0v) is 11.3. The molecule has 1 unspecified atom stereocenters. The van der Waals surface area contributed by atoms with Crippen molar-refractivity contribution in [1.82, 2.24) is 0 Å². The molecule has 1 rings (SSSR count). The van der Waals surface area contributed by atoms with Crippen molar-refractivity contribution in [2.24, 2.45) is 0 Å². The molecule has 1 atom stereocenters. The average Bonchev–Trinajstić information content (AvgIpc) is 2.39. The molecule has 1 N–H and O–H groups in total. The van der Waals surface area contributed by atoms with Crippen molar-refractivity contribution in [3.05, 3.63) is 29.8 Å². The van der Waals surface area contributed by atoms with Crippen LogP contribution in [0.25, 0.3) is 0 Å². The molecule has 1 aromatic carbocycles. The molecule has 2 heteroatoms. The lowest BCUT2D eigenvalue weighted by atomic mass is 10.1. The summed E-state index contributed by atoms with van der Waals surface area (Å²) >= 11 is 0. The molecule has 0 aliphatic rings. The predicted molar refractivity (Wildman–Crippen MR) is 74.4 cm³/mol. The molecule has 0 heterocycles. The fourth-order valence-electron chi connectivity index (χ4n) is 2.05. The molecule has 17 heavy (non-hydrogen) atoms. The third kappa shape index (κ3) is 3.74. The predicted octanol–water partition coefficient (Wildman–Crippen LogP) is 3.58. The Morgan fingerprint density at radius 3 is 2.53 bits per heavy atom. The summed E-state index contributed by atoms with van der Waals surface area (Å²) in [5.74, 6) is 0. The van der Waals surface area contributed by atoms with Gasteiger partial charge in [-0.25, -0.2) is 0 Å². The number of rotatable bonds is 7. The summed E-state index contributed by atoms with van der Waals surface area (Å²) in [5, 5.41) is 9.42. The van der Waals surface area contributed by atoms with E-state index in [9.17, 15) is 5.11 Å². The molecule has 0 aliphatic carbocycles. The molecule has 2 nitrogen and oxygen atoms in total. The van der Waals surface area contributed by atoms with Gasteiger partial charge in [0.15, 0.2) is 0 Å². The van der Waals surface area contributed by atoms with Gasteiger partial charge in [0.25, 0.3) is 0 Å². The molecule has 1 aromatic rings. The highest BCUT2D eigenvalue weighted by Crippen LogP contribution is 2.24. The van der Waals surface area contributed by atoms with Crippen LogP contribution in [0.4, 0.5) is 5.69 Å². The summed E-state index contributed by atoms with van der Waals surface area (Å²) in [6.07, 6.45) is 3.53. The van der Waals surface area contributed by atoms with Crippen molar-refractivity contribution in [2.45, 2.75) is 52.7 Å². The Balaban J connectivity index is 2.94. The lowest BCUT2D eigenvalue weighted by Crippen LogP contribution is -2.34. The standard InChI is InChI=1S/C15H25NO/c1-4-6-11-16(13(3)5-2)15-10-8-7-9-14(15)12-17/h7-10,13,17H,4-6,11-12H2,1-3H3. The Morgan fingerprint density at radius 1 is 1.24 bits per heavy atom. The SMILES string of the molecule is CCCCN(c1ccccc1CO)C(C)CC. The van der Waals surface area contributed by atoms with Gasteiger partial charge in [-0.05, 0) is 25.8 Å². The van der Waals surface area contributed by atoms with Gasteiger partial charge in [0.05, 0.1) is 6.61 Å². The van der Waals surface area contributed by atoms with Gasteiger partial charge < -0.3 is 10.0 Å². The van der Waals surface area contributed by atoms with Crippen LogP contribution in [-0.2, 0) is 6.61 Å². The largest absolute Gasteiger partial charge is 0.392 e. The molecule has 0 spiro atoms. The molecule has 0 aliphatic heterocycles. The topological polar surface area (TPSA) is 23.5 Å². The van der Waals surface area contributed by atoms with Gasteiger partial charge in [0.1, 0.15) is 0 Å². The first kappa shape index (κ1) is 14.0. The average molecular weight is 235 g/mol. The van der Waals surface area contributed by atoms with Gasteiger partial charge in [0, 0.05) is 23.8 Å². The Hall–Kier alpha value is -1.02. The second-order valence-corrected chi connectivity index (χ2v) is 4.59. The number of unbranched alkanes of at least 4 members (excludes halogenated alkanes) is 1. The zero-order valence-electron chi connectivity index (χ0n) is 11.3. The Labute approximate surface area is 105 Å². The number of hydrogen-bond donors (Lipinski definition) is 1. The first-order valence-electron chi connectivity index (χ1n) is 6.69. The van der Waals surface area contributed by atoms with Gasteiger partial charge in [-0.1, -0.05) is 38.5 Å². The lowest BCUT2D eigenvalue weighted by Gasteiger charge is -2.32. The van der Waals surface area contributed by atoms with Crippen molar-refractivity contribution in [1.29, 1.82) is 0 Å². The first-order valence-corrected chi connectivity index (χ1v) is 6.69. The van der Waals surface area contributed by atoms with Crippen LogP contribution in [0.3, 0.4) is 0 Å². The van der Waals surface area contributed by atoms with Gasteiger partial charge >= 0.3 is 0 Å². The Morgan fingerprint density at radius 2 is 1.94 bits per heavy atom. The van der Waals surface area contributed by atoms with Crippen LogP contribution >= 0.6 is 0 Å². The van der Waals surface area contributed by atoms with E-state index in [-0.39, 0.29) is 6.61 Å². The van der Waals surface area contributed by atoms with Crippen molar-refractivity contribution >= 4 is 5.69 Å². The minimum Gasteiger partial charge on any atom is -0.392 e. The summed E-state index contributed by atoms with van der Waals surface area (Å²) in [4.78, 5) is 2.43. The summed E-state index contributed by atoms with van der Waals surface area (Å²) in [5.41, 5.74) is 2.22. The highest BCUT2D eigenvalue weighted by atomic mass is 16.3. The third-order valence-corrected chi connectivity index (χ3v) is 3.35. The van der Waals surface area contributed by atoms with Crippen molar-refractivity contribution in [2.75, 3.05) is 11.4 Å². The maximum Gasteiger partial charge on any atom is 0.0702 e. The van der Waals surface area contributed by atoms with E-state index in [2.05, 4.69) is 37.8 Å². The van der Waals surface area contributed by atoms with E-state index in [0.717, 1.165) is 18.5 Å². The van der Waals surface area contributed by atoms with Crippen LogP contribution in [0.15, 0.2) is 24.3 Å². The molecule has 0 radical (unpaired) electrons. The number of hydrogen-bond acceptors (Lipinski definition) is 2. The molecule has 0 saturated heterocycles. The molecular formula is C15H25NO. The highest BCUT2D eigenvalue weighted by molar-refractivity contribution is 5.54. The van der Waals surface area contributed by atoms with Crippen LogP contribution in [0, 0.1) is 0 Å². The van der Waals surface area contributed by atoms with E-state index in [4.69, 9.17) is 0 Å². The van der Waals surface area contributed by atoms with E-state index >= 15 is 0 Å². The van der Waals surface area contributed by atoms with E-state index in [1.807, 2.05) is 12.1 Å². The maximum absolute atomic E-state index is 9.42. The maximum atomic E-state index is 9.42. The van der Waals surface area contributed by atoms with Gasteiger partial charge in [-0.3, -0.25) is 0 Å². The minimum atomic E-state index is 0.120. The van der Waals surface area contributed by atoms with Crippen molar-refractivity contribution in [3.63, 3.8) is 0 Å². The summed E-state index contributed by atoms with van der Waals surface area (Å²) < 4.78 is 0. The van der Waals surface area contributed by atoms with Crippen molar-refractivity contribution < 1.29 is 5.11 Å². The van der Waals surface area contributed by atoms with Crippen LogP contribution in [0.2, 0.25) is 0 Å². The summed E-state index contributed by atoms with van der Waals surface area (Å²) in [6.45, 7) is 7.87. The van der Waals surface area contributed by atoms with Crippen molar-refractivity contribution in [3.8, 4) is 0 Å². The van der Waals surface area contributed by atoms with E-state index < -0.39 is 0 Å². The second-order valence-electron chi connectivity index (χ2n) is 4.59. The fourth-order valence-corrected chi connectivity index (χ4v) is 2.05. The smallest absolute Gasteiger partial charge is 0.0702 e. The molecule has 0 bridgehead atoms. The third-order valence-electron chi connectivity index (χ3n) is 3.35. The van der Waals surface area contributed by atoms with Gasteiger partial charge in [-0.15, -0.1) is 0 Å².